The van der Waals surface area contributed by atoms with Crippen molar-refractivity contribution in [2.45, 2.75) is 26.3 Å². The Bertz CT molecular complexity index is 751. The highest BCUT2D eigenvalue weighted by Crippen LogP contribution is 2.13. The molecule has 0 saturated heterocycles. The Morgan fingerprint density at radius 1 is 1.21 bits per heavy atom. The van der Waals surface area contributed by atoms with Crippen molar-refractivity contribution < 1.29 is 9.53 Å². The lowest BCUT2D eigenvalue weighted by Crippen LogP contribution is -2.39. The molecule has 0 saturated carbocycles. The molecule has 1 aromatic carbocycles. The SMILES string of the molecule is CCCOc1cccc(CCNC(=NCC(=O)N(C)C)NCc2cccs2)c1.I. The van der Waals surface area contributed by atoms with Gasteiger partial charge in [0.1, 0.15) is 12.3 Å². The van der Waals surface area contributed by atoms with E-state index < -0.39 is 0 Å². The van der Waals surface area contributed by atoms with E-state index in [4.69, 9.17) is 4.74 Å². The number of hydrogen-bond acceptors (Lipinski definition) is 4. The van der Waals surface area contributed by atoms with E-state index in [0.717, 1.165) is 25.2 Å². The lowest BCUT2D eigenvalue weighted by Gasteiger charge is -2.14. The first-order chi connectivity index (χ1) is 13.6. The molecule has 0 spiro atoms. The fourth-order valence-corrected chi connectivity index (χ4v) is 3.03. The van der Waals surface area contributed by atoms with Gasteiger partial charge in [0.2, 0.25) is 5.91 Å². The fourth-order valence-electron chi connectivity index (χ4n) is 2.38. The number of guanidine groups is 1. The van der Waals surface area contributed by atoms with Gasteiger partial charge >= 0.3 is 0 Å². The molecular formula is C21H31IN4O2S. The van der Waals surface area contributed by atoms with Crippen LogP contribution >= 0.6 is 35.3 Å². The van der Waals surface area contributed by atoms with Crippen LogP contribution in [0.2, 0.25) is 0 Å². The van der Waals surface area contributed by atoms with Crippen molar-refractivity contribution in [3.8, 4) is 5.75 Å². The van der Waals surface area contributed by atoms with Crippen molar-refractivity contribution in [3.63, 3.8) is 0 Å². The lowest BCUT2D eigenvalue weighted by atomic mass is 10.1. The maximum absolute atomic E-state index is 11.9. The van der Waals surface area contributed by atoms with Crippen LogP contribution in [0.3, 0.4) is 0 Å². The molecule has 0 unspecified atom stereocenters. The number of ether oxygens (including phenoxy) is 1. The van der Waals surface area contributed by atoms with E-state index >= 15 is 0 Å². The van der Waals surface area contributed by atoms with Crippen molar-refractivity contribution in [2.75, 3.05) is 33.8 Å². The molecule has 0 atom stereocenters. The molecule has 29 heavy (non-hydrogen) atoms. The van der Waals surface area contributed by atoms with E-state index in [1.807, 2.05) is 23.6 Å². The standard InChI is InChI=1S/C21H30N4O2S.HI/c1-4-12-27-18-8-5-7-17(14-18)10-11-22-21(24-16-20(26)25(2)3)23-15-19-9-6-13-28-19;/h5-9,13-14H,4,10-12,15-16H2,1-3H3,(H2,22,23,24);1H. The summed E-state index contributed by atoms with van der Waals surface area (Å²) < 4.78 is 5.69. The number of carbonyl (C=O) groups is 1. The van der Waals surface area contributed by atoms with E-state index in [-0.39, 0.29) is 36.4 Å². The number of likely N-dealkylation sites (N-methyl/N-ethyl adjacent to an activating group) is 1. The molecule has 6 nitrogen and oxygen atoms in total. The summed E-state index contributed by atoms with van der Waals surface area (Å²) in [6, 6.07) is 12.3. The number of nitrogens with one attached hydrogen (secondary N) is 2. The normalized spacial score (nSPS) is 10.8. The summed E-state index contributed by atoms with van der Waals surface area (Å²) in [6.07, 6.45) is 1.83. The van der Waals surface area contributed by atoms with Gasteiger partial charge in [0, 0.05) is 25.5 Å². The maximum Gasteiger partial charge on any atom is 0.243 e. The topological polar surface area (TPSA) is 66.0 Å². The van der Waals surface area contributed by atoms with Crippen LogP contribution in [0.25, 0.3) is 0 Å². The third kappa shape index (κ3) is 9.98. The Labute approximate surface area is 194 Å². The van der Waals surface area contributed by atoms with E-state index in [1.165, 1.54) is 10.4 Å². The second-order valence-electron chi connectivity index (χ2n) is 6.56. The van der Waals surface area contributed by atoms with E-state index in [2.05, 4.69) is 40.7 Å². The third-order valence-electron chi connectivity index (χ3n) is 3.96. The Hall–Kier alpha value is -1.81. The summed E-state index contributed by atoms with van der Waals surface area (Å²) in [5, 5.41) is 8.66. The van der Waals surface area contributed by atoms with Crippen LogP contribution in [0, 0.1) is 0 Å². The first kappa shape index (κ1) is 25.2. The molecule has 1 amide bonds. The molecule has 0 aliphatic carbocycles. The summed E-state index contributed by atoms with van der Waals surface area (Å²) in [4.78, 5) is 19.0. The number of hydrogen-bond donors (Lipinski definition) is 2. The molecule has 0 aliphatic heterocycles. The number of thiophene rings is 1. The molecule has 2 N–H and O–H groups in total. The Morgan fingerprint density at radius 2 is 2.03 bits per heavy atom. The largest absolute Gasteiger partial charge is 0.494 e. The van der Waals surface area contributed by atoms with Gasteiger partial charge in [0.15, 0.2) is 5.96 Å². The van der Waals surface area contributed by atoms with Crippen LogP contribution in [0.4, 0.5) is 0 Å². The quantitative estimate of drug-likeness (QED) is 0.280. The molecule has 160 valence electrons. The number of aliphatic imine (C=N–C) groups is 1. The zero-order chi connectivity index (χ0) is 20.2. The summed E-state index contributed by atoms with van der Waals surface area (Å²) in [7, 11) is 3.47. The molecular weight excluding hydrogens is 499 g/mol. The van der Waals surface area contributed by atoms with Crippen molar-refractivity contribution in [3.05, 3.63) is 52.2 Å². The highest BCUT2D eigenvalue weighted by molar-refractivity contribution is 14.0. The number of halogens is 1. The number of carbonyl (C=O) groups excluding carboxylic acids is 1. The van der Waals surface area contributed by atoms with Gasteiger partial charge in [-0.2, -0.15) is 0 Å². The smallest absolute Gasteiger partial charge is 0.243 e. The fraction of sp³-hybridized carbons (Fsp3) is 0.429. The monoisotopic (exact) mass is 530 g/mol. The highest BCUT2D eigenvalue weighted by Gasteiger charge is 2.05. The van der Waals surface area contributed by atoms with Gasteiger partial charge in [-0.15, -0.1) is 35.3 Å². The first-order valence-corrected chi connectivity index (χ1v) is 10.4. The Kier molecular flexibility index (Phi) is 12.4. The van der Waals surface area contributed by atoms with Gasteiger partial charge in [0.25, 0.3) is 0 Å². The predicted molar refractivity (Wildman–Crippen MR) is 132 cm³/mol. The molecule has 1 heterocycles. The summed E-state index contributed by atoms with van der Waals surface area (Å²) in [5.74, 6) is 1.51. The minimum atomic E-state index is -0.0296. The Morgan fingerprint density at radius 3 is 2.72 bits per heavy atom. The first-order valence-electron chi connectivity index (χ1n) is 9.55. The van der Waals surface area contributed by atoms with Crippen molar-refractivity contribution >= 4 is 47.2 Å². The highest BCUT2D eigenvalue weighted by atomic mass is 127. The summed E-state index contributed by atoms with van der Waals surface area (Å²) in [6.45, 7) is 4.33. The van der Waals surface area contributed by atoms with Crippen LogP contribution in [-0.4, -0.2) is 50.6 Å². The zero-order valence-electron chi connectivity index (χ0n) is 17.3. The molecule has 1 aromatic heterocycles. The van der Waals surface area contributed by atoms with Crippen molar-refractivity contribution in [1.82, 2.24) is 15.5 Å². The van der Waals surface area contributed by atoms with Gasteiger partial charge in [0.05, 0.1) is 13.2 Å². The molecule has 0 bridgehead atoms. The summed E-state index contributed by atoms with van der Waals surface area (Å²) >= 11 is 1.69. The maximum atomic E-state index is 11.9. The average molecular weight is 530 g/mol. The lowest BCUT2D eigenvalue weighted by molar-refractivity contribution is -0.127. The number of benzene rings is 1. The minimum Gasteiger partial charge on any atom is -0.494 e. The van der Waals surface area contributed by atoms with E-state index in [1.54, 1.807) is 30.3 Å². The van der Waals surface area contributed by atoms with Crippen LogP contribution in [0.1, 0.15) is 23.8 Å². The predicted octanol–water partition coefficient (Wildman–Crippen LogP) is 3.52. The number of amides is 1. The van der Waals surface area contributed by atoms with Gasteiger partial charge in [-0.05, 0) is 42.0 Å². The number of rotatable bonds is 10. The second kappa shape index (κ2) is 14.2. The van der Waals surface area contributed by atoms with Gasteiger partial charge in [-0.1, -0.05) is 25.1 Å². The van der Waals surface area contributed by atoms with Crippen LogP contribution in [0.15, 0.2) is 46.8 Å². The average Bonchev–Trinajstić information content (AvgIpc) is 3.21. The second-order valence-corrected chi connectivity index (χ2v) is 7.59. The van der Waals surface area contributed by atoms with Crippen LogP contribution < -0.4 is 15.4 Å². The molecule has 2 aromatic rings. The van der Waals surface area contributed by atoms with Crippen molar-refractivity contribution in [2.24, 2.45) is 4.99 Å². The van der Waals surface area contributed by atoms with Gasteiger partial charge < -0.3 is 20.3 Å². The molecule has 0 fully saturated rings. The molecule has 8 heteroatoms. The van der Waals surface area contributed by atoms with Gasteiger partial charge in [-0.25, -0.2) is 4.99 Å². The van der Waals surface area contributed by atoms with Crippen LogP contribution in [-0.2, 0) is 17.8 Å². The number of nitrogens with zero attached hydrogens (tertiary/aromatic N) is 2. The molecule has 0 radical (unpaired) electrons. The van der Waals surface area contributed by atoms with Crippen LogP contribution in [0.5, 0.6) is 5.75 Å². The molecule has 2 rings (SSSR count). The summed E-state index contributed by atoms with van der Waals surface area (Å²) in [5.41, 5.74) is 1.20. The van der Waals surface area contributed by atoms with E-state index in [0.29, 0.717) is 19.0 Å². The van der Waals surface area contributed by atoms with Gasteiger partial charge in [-0.3, -0.25) is 4.79 Å². The Balaban J connectivity index is 0.00000420. The molecule has 0 aliphatic rings. The minimum absolute atomic E-state index is 0. The van der Waals surface area contributed by atoms with Crippen molar-refractivity contribution in [1.29, 1.82) is 0 Å². The van der Waals surface area contributed by atoms with E-state index in [9.17, 15) is 4.79 Å². The zero-order valence-corrected chi connectivity index (χ0v) is 20.5. The third-order valence-corrected chi connectivity index (χ3v) is 4.84.